The van der Waals surface area contributed by atoms with Crippen LogP contribution in [0.2, 0.25) is 0 Å². The van der Waals surface area contributed by atoms with Crippen LogP contribution in [-0.4, -0.2) is 57.2 Å². The van der Waals surface area contributed by atoms with E-state index in [1.807, 2.05) is 14.1 Å². The van der Waals surface area contributed by atoms with Gasteiger partial charge in [-0.1, -0.05) is 0 Å². The number of guanidine groups is 1. The van der Waals surface area contributed by atoms with E-state index < -0.39 is 5.50 Å². The Morgan fingerprint density at radius 1 is 1.21 bits per heavy atom. The predicted molar refractivity (Wildman–Crippen MR) is 53.6 cm³/mol. The minimum atomic E-state index is -1.97. The molecule has 0 aliphatic carbocycles. The molecule has 5 nitrogen and oxygen atoms in total. The summed E-state index contributed by atoms with van der Waals surface area (Å²) in [6, 6.07) is 0. The van der Waals surface area contributed by atoms with Crippen molar-refractivity contribution in [3.8, 4) is 0 Å². The molecule has 1 rings (SSSR count). The normalized spacial score (nSPS) is 17.9. The van der Waals surface area contributed by atoms with Gasteiger partial charge in [0, 0.05) is 0 Å². The fourth-order valence-corrected chi connectivity index (χ4v) is 2.83. The molecule has 1 fully saturated rings. The van der Waals surface area contributed by atoms with E-state index in [1.54, 1.807) is 14.2 Å². The van der Waals surface area contributed by atoms with Crippen LogP contribution in [0.5, 0.6) is 0 Å². The van der Waals surface area contributed by atoms with Gasteiger partial charge in [0.1, 0.15) is 0 Å². The maximum absolute atomic E-state index is 5.33. The molecule has 0 bridgehead atoms. The summed E-state index contributed by atoms with van der Waals surface area (Å²) in [5, 5.41) is 0. The van der Waals surface area contributed by atoms with Gasteiger partial charge in [0.15, 0.2) is 0 Å². The third kappa shape index (κ3) is 2.66. The van der Waals surface area contributed by atoms with E-state index in [-0.39, 0.29) is 0 Å². The van der Waals surface area contributed by atoms with Crippen LogP contribution >= 0.6 is 5.50 Å². The number of hydrogen-bond acceptors (Lipinski definition) is 3. The summed E-state index contributed by atoms with van der Waals surface area (Å²) in [6.45, 7) is 2.02. The molecule has 0 unspecified atom stereocenters. The zero-order chi connectivity index (χ0) is 10.8. The van der Waals surface area contributed by atoms with Crippen LogP contribution in [0.15, 0.2) is 4.76 Å². The zero-order valence-corrected chi connectivity index (χ0v) is 12.8. The van der Waals surface area contributed by atoms with Crippen molar-refractivity contribution in [3.05, 3.63) is 0 Å². The fraction of sp³-hybridized carbons (Fsp3) is 0.857. The summed E-state index contributed by atoms with van der Waals surface area (Å²) < 4.78 is 15.2. The van der Waals surface area contributed by atoms with Crippen molar-refractivity contribution < 1.29 is 27.9 Å². The molecule has 0 saturated carbocycles. The molecule has 0 amide bonds. The second-order valence-electron chi connectivity index (χ2n) is 3.08. The number of rotatable bonds is 3. The summed E-state index contributed by atoms with van der Waals surface area (Å²) in [5.41, 5.74) is -1.97. The van der Waals surface area contributed by atoms with Crippen LogP contribution in [0, 0.1) is 0 Å². The van der Waals surface area contributed by atoms with Gasteiger partial charge in [-0.15, -0.1) is 0 Å². The zero-order valence-electron chi connectivity index (χ0n) is 8.93. The van der Waals surface area contributed by atoms with Gasteiger partial charge in [-0.25, -0.2) is 0 Å². The Kier molecular flexibility index (Phi) is 4.32. The third-order valence-electron chi connectivity index (χ3n) is 2.13. The first kappa shape index (κ1) is 12.4. The Bertz CT molecular complexity index is 264. The van der Waals surface area contributed by atoms with E-state index in [1.165, 1.54) is 18.8 Å². The Morgan fingerprint density at radius 2 is 1.64 bits per heavy atom. The van der Waals surface area contributed by atoms with Crippen molar-refractivity contribution in [1.29, 1.82) is 0 Å². The van der Waals surface area contributed by atoms with E-state index >= 15 is 0 Å². The molecule has 82 valence electrons. The van der Waals surface area contributed by atoms with E-state index in [2.05, 4.69) is 14.6 Å². The van der Waals surface area contributed by atoms with Crippen LogP contribution < -0.4 is 0 Å². The SMILES string of the molecule is CO[P](=[W])(N=C1N(C)CCN1C)OC. The molecule has 0 radical (unpaired) electrons. The van der Waals surface area contributed by atoms with Crippen molar-refractivity contribution >= 4 is 11.5 Å². The van der Waals surface area contributed by atoms with E-state index in [9.17, 15) is 0 Å². The molecule has 0 N–H and O–H groups in total. The summed E-state index contributed by atoms with van der Waals surface area (Å²) in [7, 11) is 7.38. The third-order valence-corrected chi connectivity index (χ3v) is 7.57. The Balaban J connectivity index is 2.90. The average Bonchev–Trinajstić information content (AvgIpc) is 2.49. The fourth-order valence-electron chi connectivity index (χ4n) is 1.21. The molecule has 0 aromatic rings. The second-order valence-corrected chi connectivity index (χ2v) is 9.92. The Morgan fingerprint density at radius 3 is 2.00 bits per heavy atom. The summed E-state index contributed by atoms with van der Waals surface area (Å²) in [4.78, 5) is 4.24. The Hall–Kier alpha value is 0.308. The second kappa shape index (κ2) is 4.89. The average molecular weight is 389 g/mol. The van der Waals surface area contributed by atoms with Crippen LogP contribution in [0.25, 0.3) is 0 Å². The van der Waals surface area contributed by atoms with Crippen LogP contribution in [-0.2, 0) is 27.9 Å². The molecular formula is C7H16N3O2PW. The maximum atomic E-state index is 5.33. The summed E-state index contributed by atoms with van der Waals surface area (Å²) in [6.07, 6.45) is 0. The van der Waals surface area contributed by atoms with Crippen molar-refractivity contribution in [1.82, 2.24) is 9.80 Å². The molecule has 7 heteroatoms. The number of hydrogen-bond donors (Lipinski definition) is 0. The van der Waals surface area contributed by atoms with Gasteiger partial charge in [-0.2, -0.15) is 0 Å². The van der Waals surface area contributed by atoms with Crippen LogP contribution in [0.4, 0.5) is 0 Å². The van der Waals surface area contributed by atoms with Gasteiger partial charge in [-0.3, -0.25) is 0 Å². The number of likely N-dealkylation sites (N-methyl/N-ethyl adjacent to an activating group) is 2. The van der Waals surface area contributed by atoms with Gasteiger partial charge < -0.3 is 0 Å². The quantitative estimate of drug-likeness (QED) is 0.668. The predicted octanol–water partition coefficient (Wildman–Crippen LogP) is 0.737. The summed E-state index contributed by atoms with van der Waals surface area (Å²) >= 11 is 1.25. The monoisotopic (exact) mass is 389 g/mol. The van der Waals surface area contributed by atoms with Crippen LogP contribution in [0.1, 0.15) is 0 Å². The van der Waals surface area contributed by atoms with Crippen molar-refractivity contribution in [2.45, 2.75) is 0 Å². The van der Waals surface area contributed by atoms with Gasteiger partial charge >= 0.3 is 95.3 Å². The first-order valence-electron chi connectivity index (χ1n) is 4.26. The molecule has 1 heterocycles. The minimum absolute atomic E-state index is 0.969. The molecule has 0 atom stereocenters. The summed E-state index contributed by atoms with van der Waals surface area (Å²) in [5.74, 6) is 0.969. The first-order valence-corrected chi connectivity index (χ1v) is 9.69. The van der Waals surface area contributed by atoms with Gasteiger partial charge in [0.25, 0.3) is 0 Å². The van der Waals surface area contributed by atoms with Crippen molar-refractivity contribution in [2.75, 3.05) is 41.4 Å². The topological polar surface area (TPSA) is 37.3 Å². The van der Waals surface area contributed by atoms with Gasteiger partial charge in [0.05, 0.1) is 0 Å². The van der Waals surface area contributed by atoms with E-state index in [0.717, 1.165) is 19.0 Å². The van der Waals surface area contributed by atoms with E-state index in [4.69, 9.17) is 9.05 Å². The molecule has 0 aromatic heterocycles. The molecular weight excluding hydrogens is 373 g/mol. The molecule has 0 spiro atoms. The molecule has 1 saturated heterocycles. The van der Waals surface area contributed by atoms with Gasteiger partial charge in [-0.05, 0) is 0 Å². The van der Waals surface area contributed by atoms with E-state index in [0.29, 0.717) is 0 Å². The first-order chi connectivity index (χ1) is 6.52. The Labute approximate surface area is 95.4 Å². The molecule has 1 aliphatic heterocycles. The van der Waals surface area contributed by atoms with Gasteiger partial charge in [0.2, 0.25) is 0 Å². The molecule has 14 heavy (non-hydrogen) atoms. The molecule has 1 aliphatic rings. The van der Waals surface area contributed by atoms with Crippen molar-refractivity contribution in [2.24, 2.45) is 4.76 Å². The number of nitrogens with zero attached hydrogens (tertiary/aromatic N) is 3. The van der Waals surface area contributed by atoms with Crippen molar-refractivity contribution in [3.63, 3.8) is 0 Å². The van der Waals surface area contributed by atoms with Crippen LogP contribution in [0.3, 0.4) is 0 Å². The molecule has 0 aromatic carbocycles. The standard InChI is InChI=1S/C7H16N3O2P.W/c1-9-5-6-10(2)7(9)8-13(11-3)12-4;/h5-6H2,1-4H3;.